The number of hydrogen-bond donors (Lipinski definition) is 1. The van der Waals surface area contributed by atoms with E-state index in [4.69, 9.17) is 14.6 Å². The Hall–Kier alpha value is -2.20. The van der Waals surface area contributed by atoms with Crippen LogP contribution >= 0.6 is 0 Å². The molecule has 1 aromatic carbocycles. The molecule has 0 radical (unpaired) electrons. The first-order valence-electron chi connectivity index (χ1n) is 9.86. The molecule has 3 aliphatic heterocycles. The summed E-state index contributed by atoms with van der Waals surface area (Å²) in [5, 5.41) is 7.12. The number of carbonyl (C=O) groups is 2. The molecule has 0 bridgehead atoms. The fraction of sp³-hybridized carbons (Fsp3) is 0.600. The molecule has 4 rings (SSSR count). The fourth-order valence-electron chi connectivity index (χ4n) is 4.33. The largest absolute Gasteiger partial charge is 0.490 e. The van der Waals surface area contributed by atoms with Gasteiger partial charge in [-0.1, -0.05) is 12.1 Å². The van der Waals surface area contributed by atoms with E-state index in [9.17, 15) is 22.4 Å². The lowest BCUT2D eigenvalue weighted by Crippen LogP contribution is -2.48. The number of nitrogens with zero attached hydrogens (tertiary/aromatic N) is 2. The van der Waals surface area contributed by atoms with Gasteiger partial charge >= 0.3 is 12.1 Å². The summed E-state index contributed by atoms with van der Waals surface area (Å²) in [5.41, 5.74) is 1.11. The van der Waals surface area contributed by atoms with Gasteiger partial charge in [0, 0.05) is 38.7 Å². The Morgan fingerprint density at radius 2 is 1.83 bits per heavy atom. The molecule has 30 heavy (non-hydrogen) atoms. The normalized spacial score (nSPS) is 26.9. The average Bonchev–Trinajstić information content (AvgIpc) is 3.27. The van der Waals surface area contributed by atoms with Crippen molar-refractivity contribution in [2.45, 2.75) is 56.6 Å². The topological polar surface area (TPSA) is 70.1 Å². The van der Waals surface area contributed by atoms with E-state index in [-0.39, 0.29) is 23.9 Å². The molecule has 3 saturated heterocycles. The Labute approximate surface area is 171 Å². The van der Waals surface area contributed by atoms with Crippen LogP contribution in [0.3, 0.4) is 0 Å². The Kier molecular flexibility index (Phi) is 6.97. The second kappa shape index (κ2) is 9.30. The summed E-state index contributed by atoms with van der Waals surface area (Å²) >= 11 is 0. The van der Waals surface area contributed by atoms with Crippen molar-refractivity contribution in [3.05, 3.63) is 35.6 Å². The van der Waals surface area contributed by atoms with Crippen LogP contribution in [0.5, 0.6) is 0 Å². The zero-order valence-electron chi connectivity index (χ0n) is 16.3. The maximum absolute atomic E-state index is 13.1. The first kappa shape index (κ1) is 22.5. The lowest BCUT2D eigenvalue weighted by atomic mass is 10.00. The molecular formula is C20H24F4N2O4. The van der Waals surface area contributed by atoms with Crippen LogP contribution in [0.15, 0.2) is 24.3 Å². The van der Waals surface area contributed by atoms with Crippen molar-refractivity contribution in [3.8, 4) is 0 Å². The summed E-state index contributed by atoms with van der Waals surface area (Å²) in [7, 11) is 0. The number of amides is 1. The second-order valence-electron chi connectivity index (χ2n) is 7.66. The van der Waals surface area contributed by atoms with Gasteiger partial charge in [0.2, 0.25) is 5.91 Å². The van der Waals surface area contributed by atoms with Crippen molar-refractivity contribution < 1.29 is 37.0 Å². The maximum atomic E-state index is 13.1. The molecule has 0 unspecified atom stereocenters. The van der Waals surface area contributed by atoms with Crippen molar-refractivity contribution >= 4 is 11.9 Å². The van der Waals surface area contributed by atoms with Gasteiger partial charge in [0.15, 0.2) is 0 Å². The molecule has 1 amide bonds. The summed E-state index contributed by atoms with van der Waals surface area (Å²) in [5.74, 6) is -2.69. The van der Waals surface area contributed by atoms with E-state index in [2.05, 4.69) is 4.90 Å². The molecule has 3 heterocycles. The standard InChI is InChI=1S/C18H23FN2O2.C2HF3O2/c19-14-7-5-13(6-8-14)11-20-12-16(21-9-1-4-17(21)22)18-15(20)3-2-10-23-18;3-2(4,5)1(6)7/h5-8,15-16,18H,1-4,9-12H2;(H,6,7)/t15-,16-,18+;/m0./s1. The van der Waals surface area contributed by atoms with Gasteiger partial charge < -0.3 is 14.7 Å². The van der Waals surface area contributed by atoms with Crippen molar-refractivity contribution in [2.75, 3.05) is 19.7 Å². The van der Waals surface area contributed by atoms with Gasteiger partial charge in [-0.3, -0.25) is 9.69 Å². The minimum atomic E-state index is -5.08. The number of carboxylic acids is 1. The molecule has 6 nitrogen and oxygen atoms in total. The minimum Gasteiger partial charge on any atom is -0.475 e. The molecule has 1 aromatic rings. The molecule has 3 fully saturated rings. The van der Waals surface area contributed by atoms with Crippen LogP contribution in [-0.2, 0) is 20.9 Å². The highest BCUT2D eigenvalue weighted by atomic mass is 19.4. The van der Waals surface area contributed by atoms with Crippen molar-refractivity contribution in [3.63, 3.8) is 0 Å². The average molecular weight is 432 g/mol. The molecule has 1 N–H and O–H groups in total. The fourth-order valence-corrected chi connectivity index (χ4v) is 4.33. The summed E-state index contributed by atoms with van der Waals surface area (Å²) in [6, 6.07) is 7.27. The molecule has 0 spiro atoms. The smallest absolute Gasteiger partial charge is 0.475 e. The third-order valence-electron chi connectivity index (χ3n) is 5.66. The van der Waals surface area contributed by atoms with E-state index in [0.29, 0.717) is 12.5 Å². The summed E-state index contributed by atoms with van der Waals surface area (Å²) in [6.45, 7) is 3.31. The third kappa shape index (κ3) is 5.28. The predicted octanol–water partition coefficient (Wildman–Crippen LogP) is 2.81. The number of carboxylic acid groups (broad SMARTS) is 1. The van der Waals surface area contributed by atoms with E-state index in [1.807, 2.05) is 17.0 Å². The number of aliphatic carboxylic acids is 1. The number of hydrogen-bond acceptors (Lipinski definition) is 4. The predicted molar refractivity (Wildman–Crippen MR) is 98.0 cm³/mol. The Morgan fingerprint density at radius 3 is 2.40 bits per heavy atom. The monoisotopic (exact) mass is 432 g/mol. The Morgan fingerprint density at radius 1 is 1.17 bits per heavy atom. The van der Waals surface area contributed by atoms with Crippen LogP contribution in [0, 0.1) is 5.82 Å². The molecule has 3 atom stereocenters. The summed E-state index contributed by atoms with van der Waals surface area (Å²) in [4.78, 5) is 25.5. The zero-order valence-corrected chi connectivity index (χ0v) is 16.3. The first-order chi connectivity index (χ1) is 14.2. The van der Waals surface area contributed by atoms with Crippen LogP contribution in [0.2, 0.25) is 0 Å². The molecule has 0 aliphatic carbocycles. The van der Waals surface area contributed by atoms with E-state index in [1.165, 1.54) is 12.1 Å². The molecule has 0 aromatic heterocycles. The van der Waals surface area contributed by atoms with E-state index < -0.39 is 12.1 Å². The Bertz CT molecular complexity index is 756. The second-order valence-corrected chi connectivity index (χ2v) is 7.66. The lowest BCUT2D eigenvalue weighted by Gasteiger charge is -2.34. The molecule has 3 aliphatic rings. The third-order valence-corrected chi connectivity index (χ3v) is 5.66. The van der Waals surface area contributed by atoms with Gasteiger partial charge in [0.25, 0.3) is 0 Å². The van der Waals surface area contributed by atoms with Gasteiger partial charge in [-0.25, -0.2) is 9.18 Å². The molecular weight excluding hydrogens is 408 g/mol. The van der Waals surface area contributed by atoms with Gasteiger partial charge in [0.05, 0.1) is 12.1 Å². The highest BCUT2D eigenvalue weighted by Crippen LogP contribution is 2.34. The van der Waals surface area contributed by atoms with Crippen LogP contribution in [0.1, 0.15) is 31.2 Å². The summed E-state index contributed by atoms with van der Waals surface area (Å²) in [6.07, 6.45) is -1.13. The molecule has 10 heteroatoms. The molecule has 0 saturated carbocycles. The Balaban J connectivity index is 0.000000318. The number of halogens is 4. The van der Waals surface area contributed by atoms with Crippen LogP contribution < -0.4 is 0 Å². The number of fused-ring (bicyclic) bond motifs is 1. The van der Waals surface area contributed by atoms with Crippen LogP contribution in [-0.4, -0.2) is 70.8 Å². The minimum absolute atomic E-state index is 0.131. The van der Waals surface area contributed by atoms with E-state index in [1.54, 1.807) is 0 Å². The zero-order chi connectivity index (χ0) is 21.9. The van der Waals surface area contributed by atoms with E-state index >= 15 is 0 Å². The highest BCUT2D eigenvalue weighted by molar-refractivity contribution is 5.78. The highest BCUT2D eigenvalue weighted by Gasteiger charge is 2.48. The number of ether oxygens (including phenoxy) is 1. The maximum Gasteiger partial charge on any atom is 0.490 e. The van der Waals surface area contributed by atoms with Crippen LogP contribution in [0.4, 0.5) is 17.6 Å². The van der Waals surface area contributed by atoms with Gasteiger partial charge in [-0.2, -0.15) is 13.2 Å². The number of benzene rings is 1. The quantitative estimate of drug-likeness (QED) is 0.744. The number of likely N-dealkylation sites (tertiary alicyclic amines) is 2. The van der Waals surface area contributed by atoms with Crippen molar-refractivity contribution in [2.24, 2.45) is 0 Å². The van der Waals surface area contributed by atoms with Gasteiger partial charge in [0.1, 0.15) is 5.82 Å². The van der Waals surface area contributed by atoms with Crippen molar-refractivity contribution in [1.29, 1.82) is 0 Å². The lowest BCUT2D eigenvalue weighted by molar-refractivity contribution is -0.192. The summed E-state index contributed by atoms with van der Waals surface area (Å²) < 4.78 is 50.9. The number of alkyl halides is 3. The van der Waals surface area contributed by atoms with Crippen molar-refractivity contribution in [1.82, 2.24) is 9.80 Å². The molecule has 166 valence electrons. The number of carbonyl (C=O) groups excluding carboxylic acids is 1. The van der Waals surface area contributed by atoms with E-state index in [0.717, 1.165) is 51.1 Å². The number of rotatable bonds is 3. The first-order valence-corrected chi connectivity index (χ1v) is 9.86. The van der Waals surface area contributed by atoms with Gasteiger partial charge in [-0.05, 0) is 37.0 Å². The SMILES string of the molecule is O=C(O)C(F)(F)F.O=C1CCCN1[C@H]1CN(Cc2ccc(F)cc2)[C@H]2CCCO[C@H]21. The van der Waals surface area contributed by atoms with Crippen LogP contribution in [0.25, 0.3) is 0 Å². The van der Waals surface area contributed by atoms with Gasteiger partial charge in [-0.15, -0.1) is 0 Å².